The summed E-state index contributed by atoms with van der Waals surface area (Å²) in [4.78, 5) is 19.4. The van der Waals surface area contributed by atoms with Crippen LogP contribution >= 0.6 is 0 Å². The average Bonchev–Trinajstić information content (AvgIpc) is 2.97. The molecule has 1 aromatic carbocycles. The normalized spacial score (nSPS) is 18.6. The molecular weight excluding hydrogens is 278 g/mol. The Bertz CT molecular complexity index is 855. The van der Waals surface area contributed by atoms with Crippen molar-refractivity contribution in [2.75, 3.05) is 13.1 Å². The van der Waals surface area contributed by atoms with Gasteiger partial charge in [0.2, 0.25) is 0 Å². The van der Waals surface area contributed by atoms with Gasteiger partial charge in [0, 0.05) is 35.6 Å². The molecule has 0 amide bonds. The van der Waals surface area contributed by atoms with E-state index in [2.05, 4.69) is 20.4 Å². The van der Waals surface area contributed by atoms with Gasteiger partial charge in [-0.15, -0.1) is 5.10 Å². The van der Waals surface area contributed by atoms with E-state index >= 15 is 0 Å². The van der Waals surface area contributed by atoms with E-state index in [9.17, 15) is 4.79 Å². The van der Waals surface area contributed by atoms with E-state index in [1.807, 2.05) is 24.3 Å². The number of rotatable bonds is 2. The lowest BCUT2D eigenvalue weighted by Gasteiger charge is -2.20. The van der Waals surface area contributed by atoms with Gasteiger partial charge in [-0.25, -0.2) is 4.79 Å². The van der Waals surface area contributed by atoms with Crippen LogP contribution in [0.4, 0.5) is 0 Å². The van der Waals surface area contributed by atoms with E-state index in [1.165, 1.54) is 4.68 Å². The van der Waals surface area contributed by atoms with Crippen molar-refractivity contribution < 1.29 is 0 Å². The lowest BCUT2D eigenvalue weighted by Crippen LogP contribution is -2.29. The fourth-order valence-corrected chi connectivity index (χ4v) is 3.06. The topological polar surface area (TPSA) is 75.6 Å². The second kappa shape index (κ2) is 5.38. The van der Waals surface area contributed by atoms with Gasteiger partial charge in [0.25, 0.3) is 0 Å². The SMILES string of the molecule is O=c1[nH]c(C2CCCNC2)nn1-c1cccc2cnccc12. The molecular formula is C16H17N5O. The number of piperidine rings is 1. The lowest BCUT2D eigenvalue weighted by atomic mass is 9.99. The molecule has 6 heteroatoms. The zero-order valence-corrected chi connectivity index (χ0v) is 12.1. The van der Waals surface area contributed by atoms with Gasteiger partial charge >= 0.3 is 5.69 Å². The number of benzene rings is 1. The molecule has 0 saturated carbocycles. The second-order valence-corrected chi connectivity index (χ2v) is 5.64. The van der Waals surface area contributed by atoms with Crippen LogP contribution in [0, 0.1) is 0 Å². The molecule has 4 rings (SSSR count). The van der Waals surface area contributed by atoms with E-state index in [-0.39, 0.29) is 11.6 Å². The van der Waals surface area contributed by atoms with Crippen LogP contribution < -0.4 is 11.0 Å². The van der Waals surface area contributed by atoms with Gasteiger partial charge in [-0.05, 0) is 31.5 Å². The molecule has 22 heavy (non-hydrogen) atoms. The zero-order chi connectivity index (χ0) is 14.9. The predicted octanol–water partition coefficient (Wildman–Crippen LogP) is 1.58. The first kappa shape index (κ1) is 13.2. The summed E-state index contributed by atoms with van der Waals surface area (Å²) in [5.41, 5.74) is 0.598. The highest BCUT2D eigenvalue weighted by atomic mass is 16.1. The molecule has 3 heterocycles. The Morgan fingerprint density at radius 2 is 2.23 bits per heavy atom. The first-order valence-corrected chi connectivity index (χ1v) is 7.56. The average molecular weight is 295 g/mol. The van der Waals surface area contributed by atoms with Gasteiger partial charge in [0.1, 0.15) is 5.82 Å². The molecule has 1 aliphatic rings. The van der Waals surface area contributed by atoms with Gasteiger partial charge in [0.05, 0.1) is 5.69 Å². The van der Waals surface area contributed by atoms with Gasteiger partial charge in [-0.3, -0.25) is 9.97 Å². The zero-order valence-electron chi connectivity index (χ0n) is 12.1. The lowest BCUT2D eigenvalue weighted by molar-refractivity contribution is 0.446. The van der Waals surface area contributed by atoms with E-state index in [4.69, 9.17) is 0 Å². The summed E-state index contributed by atoms with van der Waals surface area (Å²) in [6, 6.07) is 7.72. The Kier molecular flexibility index (Phi) is 3.23. The van der Waals surface area contributed by atoms with E-state index in [0.717, 1.165) is 48.2 Å². The van der Waals surface area contributed by atoms with Gasteiger partial charge in [0.15, 0.2) is 0 Å². The summed E-state index contributed by atoms with van der Waals surface area (Å²) >= 11 is 0. The summed E-state index contributed by atoms with van der Waals surface area (Å²) in [5, 5.41) is 9.86. The maximum atomic E-state index is 12.3. The van der Waals surface area contributed by atoms with Crippen LogP contribution in [0.15, 0.2) is 41.5 Å². The Balaban J connectivity index is 1.82. The fourth-order valence-electron chi connectivity index (χ4n) is 3.06. The summed E-state index contributed by atoms with van der Waals surface area (Å²) < 4.78 is 1.46. The van der Waals surface area contributed by atoms with Crippen LogP contribution in [0.2, 0.25) is 0 Å². The fraction of sp³-hybridized carbons (Fsp3) is 0.312. The number of aromatic nitrogens is 4. The first-order chi connectivity index (χ1) is 10.8. The summed E-state index contributed by atoms with van der Waals surface area (Å²) in [7, 11) is 0. The number of hydrogen-bond acceptors (Lipinski definition) is 4. The molecule has 0 bridgehead atoms. The third-order valence-corrected chi connectivity index (χ3v) is 4.20. The standard InChI is InChI=1S/C16H17N5O/c22-16-19-15(12-4-2-7-17-10-12)20-21(16)14-5-1-3-11-9-18-8-6-13(11)14/h1,3,5-6,8-9,12,17H,2,4,7,10H2,(H,19,20,22). The molecule has 0 aliphatic carbocycles. The maximum absolute atomic E-state index is 12.3. The third kappa shape index (κ3) is 2.21. The summed E-state index contributed by atoms with van der Waals surface area (Å²) in [5.74, 6) is 1.04. The quantitative estimate of drug-likeness (QED) is 0.752. The van der Waals surface area contributed by atoms with E-state index < -0.39 is 0 Å². The number of hydrogen-bond donors (Lipinski definition) is 2. The second-order valence-electron chi connectivity index (χ2n) is 5.64. The molecule has 0 spiro atoms. The molecule has 0 radical (unpaired) electrons. The van der Waals surface area contributed by atoms with Crippen molar-refractivity contribution in [1.29, 1.82) is 0 Å². The van der Waals surface area contributed by atoms with Crippen LogP contribution in [0.25, 0.3) is 16.5 Å². The van der Waals surface area contributed by atoms with Crippen LogP contribution in [0.5, 0.6) is 0 Å². The molecule has 112 valence electrons. The molecule has 2 N–H and O–H groups in total. The third-order valence-electron chi connectivity index (χ3n) is 4.20. The van der Waals surface area contributed by atoms with Gasteiger partial charge in [-0.2, -0.15) is 4.68 Å². The summed E-state index contributed by atoms with van der Waals surface area (Å²) in [6.07, 6.45) is 5.69. The van der Waals surface area contributed by atoms with Crippen LogP contribution in [-0.4, -0.2) is 32.8 Å². The highest BCUT2D eigenvalue weighted by Gasteiger charge is 2.20. The van der Waals surface area contributed by atoms with E-state index in [1.54, 1.807) is 12.4 Å². The molecule has 1 unspecified atom stereocenters. The van der Waals surface area contributed by atoms with Crippen LogP contribution in [0.3, 0.4) is 0 Å². The van der Waals surface area contributed by atoms with E-state index in [0.29, 0.717) is 0 Å². The van der Waals surface area contributed by atoms with Crippen molar-refractivity contribution in [3.8, 4) is 5.69 Å². The number of H-pyrrole nitrogens is 1. The van der Waals surface area contributed by atoms with Crippen molar-refractivity contribution in [1.82, 2.24) is 25.1 Å². The number of nitrogens with one attached hydrogen (secondary N) is 2. The number of pyridine rings is 1. The Morgan fingerprint density at radius 1 is 1.27 bits per heavy atom. The maximum Gasteiger partial charge on any atom is 0.348 e. The molecule has 6 nitrogen and oxygen atoms in total. The van der Waals surface area contributed by atoms with Crippen molar-refractivity contribution in [3.63, 3.8) is 0 Å². The van der Waals surface area contributed by atoms with Crippen LogP contribution in [0.1, 0.15) is 24.6 Å². The highest BCUT2D eigenvalue weighted by Crippen LogP contribution is 2.22. The Hall–Kier alpha value is -2.47. The predicted molar refractivity (Wildman–Crippen MR) is 84.3 cm³/mol. The van der Waals surface area contributed by atoms with Crippen molar-refractivity contribution in [2.45, 2.75) is 18.8 Å². The minimum atomic E-state index is -0.190. The number of aromatic amines is 1. The molecule has 1 fully saturated rings. The first-order valence-electron chi connectivity index (χ1n) is 7.56. The molecule has 1 atom stereocenters. The molecule has 1 aliphatic heterocycles. The monoisotopic (exact) mass is 295 g/mol. The van der Waals surface area contributed by atoms with Gasteiger partial charge in [-0.1, -0.05) is 12.1 Å². The number of fused-ring (bicyclic) bond motifs is 1. The highest BCUT2D eigenvalue weighted by molar-refractivity contribution is 5.89. The van der Waals surface area contributed by atoms with Crippen LogP contribution in [-0.2, 0) is 0 Å². The minimum absolute atomic E-state index is 0.190. The summed E-state index contributed by atoms with van der Waals surface area (Å²) in [6.45, 7) is 1.91. The number of nitrogens with zero attached hydrogens (tertiary/aromatic N) is 3. The largest absolute Gasteiger partial charge is 0.348 e. The van der Waals surface area contributed by atoms with Crippen molar-refractivity contribution >= 4 is 10.8 Å². The molecule has 1 saturated heterocycles. The minimum Gasteiger partial charge on any atom is -0.316 e. The smallest absolute Gasteiger partial charge is 0.316 e. The van der Waals surface area contributed by atoms with Crippen molar-refractivity contribution in [2.24, 2.45) is 0 Å². The molecule has 2 aromatic heterocycles. The van der Waals surface area contributed by atoms with Gasteiger partial charge < -0.3 is 5.32 Å². The molecule has 3 aromatic rings. The van der Waals surface area contributed by atoms with Crippen molar-refractivity contribution in [3.05, 3.63) is 53.0 Å². The Labute approximate surface area is 127 Å². The Morgan fingerprint density at radius 3 is 3.09 bits per heavy atom.